The molecule has 0 aliphatic carbocycles. The highest BCUT2D eigenvalue weighted by molar-refractivity contribution is 5.94. The van der Waals surface area contributed by atoms with Gasteiger partial charge in [0.2, 0.25) is 0 Å². The molecule has 0 unspecified atom stereocenters. The average Bonchev–Trinajstić information content (AvgIpc) is 2.75. The van der Waals surface area contributed by atoms with Crippen LogP contribution in [0.2, 0.25) is 0 Å². The Kier molecular flexibility index (Phi) is 6.50. The average molecular weight is 413 g/mol. The van der Waals surface area contributed by atoms with Gasteiger partial charge in [-0.15, -0.1) is 0 Å². The molecule has 1 N–H and O–H groups in total. The van der Waals surface area contributed by atoms with Gasteiger partial charge in [0.25, 0.3) is 5.91 Å². The molecule has 2 aromatic carbocycles. The molecule has 0 atom stereocenters. The zero-order valence-electron chi connectivity index (χ0n) is 17.7. The van der Waals surface area contributed by atoms with Gasteiger partial charge in [-0.2, -0.15) is 0 Å². The molecule has 0 bridgehead atoms. The fourth-order valence-corrected chi connectivity index (χ4v) is 3.09. The van der Waals surface area contributed by atoms with Crippen molar-refractivity contribution < 1.29 is 28.5 Å². The molecular weight excluding hydrogens is 386 g/mol. The SMILES string of the molecule is COc1cc(C(C)=O)ccc1OCC(=O)NCC(C)(C)c1ccc2c(c1)OCCO2. The summed E-state index contributed by atoms with van der Waals surface area (Å²) in [6, 6.07) is 10.7. The molecule has 7 heteroatoms. The monoisotopic (exact) mass is 413 g/mol. The summed E-state index contributed by atoms with van der Waals surface area (Å²) in [5.41, 5.74) is 1.24. The number of nitrogens with one attached hydrogen (secondary N) is 1. The van der Waals surface area contributed by atoms with Gasteiger partial charge in [-0.3, -0.25) is 9.59 Å². The standard InChI is InChI=1S/C23H27NO6/c1-15(25)16-5-7-18(20(11-16)27-4)30-13-22(26)24-14-23(2,3)17-6-8-19-21(12-17)29-10-9-28-19/h5-8,11-12H,9-10,13-14H2,1-4H3,(H,24,26). The van der Waals surface area contributed by atoms with Crippen LogP contribution in [0.15, 0.2) is 36.4 Å². The van der Waals surface area contributed by atoms with Gasteiger partial charge in [0, 0.05) is 17.5 Å². The number of fused-ring (bicyclic) bond motifs is 1. The van der Waals surface area contributed by atoms with Crippen LogP contribution < -0.4 is 24.3 Å². The van der Waals surface area contributed by atoms with E-state index in [1.807, 2.05) is 32.0 Å². The van der Waals surface area contributed by atoms with E-state index in [0.717, 1.165) is 17.1 Å². The zero-order chi connectivity index (χ0) is 21.7. The van der Waals surface area contributed by atoms with Crippen LogP contribution in [-0.2, 0) is 10.2 Å². The van der Waals surface area contributed by atoms with E-state index >= 15 is 0 Å². The largest absolute Gasteiger partial charge is 0.493 e. The fourth-order valence-electron chi connectivity index (χ4n) is 3.09. The molecule has 3 rings (SSSR count). The number of carbonyl (C=O) groups is 2. The molecule has 1 amide bonds. The molecule has 1 aliphatic rings. The lowest BCUT2D eigenvalue weighted by Gasteiger charge is -2.27. The van der Waals surface area contributed by atoms with E-state index in [4.69, 9.17) is 18.9 Å². The third kappa shape index (κ3) is 5.03. The van der Waals surface area contributed by atoms with Crippen LogP contribution in [-0.4, -0.2) is 45.2 Å². The number of benzene rings is 2. The number of Topliss-reactive ketones (excluding diaryl/α,β-unsaturated/α-hetero) is 1. The summed E-state index contributed by atoms with van der Waals surface area (Å²) in [6.07, 6.45) is 0. The number of hydrogen-bond donors (Lipinski definition) is 1. The second-order valence-corrected chi connectivity index (χ2v) is 7.73. The smallest absolute Gasteiger partial charge is 0.257 e. The van der Waals surface area contributed by atoms with Crippen molar-refractivity contribution in [3.63, 3.8) is 0 Å². The second kappa shape index (κ2) is 9.07. The molecule has 2 aromatic rings. The molecule has 0 fully saturated rings. The van der Waals surface area contributed by atoms with Gasteiger partial charge < -0.3 is 24.3 Å². The van der Waals surface area contributed by atoms with Crippen molar-refractivity contribution in [1.29, 1.82) is 0 Å². The van der Waals surface area contributed by atoms with Gasteiger partial charge in [0.15, 0.2) is 35.4 Å². The van der Waals surface area contributed by atoms with Crippen molar-refractivity contribution in [2.45, 2.75) is 26.2 Å². The van der Waals surface area contributed by atoms with Crippen LogP contribution in [0.25, 0.3) is 0 Å². The molecule has 1 aliphatic heterocycles. The van der Waals surface area contributed by atoms with Crippen LogP contribution in [0.1, 0.15) is 36.7 Å². The predicted octanol–water partition coefficient (Wildman–Crippen LogP) is 3.14. The highest BCUT2D eigenvalue weighted by atomic mass is 16.6. The van der Waals surface area contributed by atoms with Crippen molar-refractivity contribution in [3.8, 4) is 23.0 Å². The van der Waals surface area contributed by atoms with Gasteiger partial charge >= 0.3 is 0 Å². The Morgan fingerprint density at radius 3 is 2.47 bits per heavy atom. The van der Waals surface area contributed by atoms with Crippen LogP contribution in [0.5, 0.6) is 23.0 Å². The van der Waals surface area contributed by atoms with Gasteiger partial charge in [-0.1, -0.05) is 19.9 Å². The third-order valence-electron chi connectivity index (χ3n) is 4.98. The van der Waals surface area contributed by atoms with E-state index in [1.165, 1.54) is 14.0 Å². The van der Waals surface area contributed by atoms with Gasteiger partial charge in [0.05, 0.1) is 7.11 Å². The minimum Gasteiger partial charge on any atom is -0.493 e. The van der Waals surface area contributed by atoms with E-state index in [-0.39, 0.29) is 23.7 Å². The van der Waals surface area contributed by atoms with Crippen LogP contribution in [0.3, 0.4) is 0 Å². The second-order valence-electron chi connectivity index (χ2n) is 7.73. The summed E-state index contributed by atoms with van der Waals surface area (Å²) in [4.78, 5) is 23.8. The quantitative estimate of drug-likeness (QED) is 0.670. The topological polar surface area (TPSA) is 83.1 Å². The highest BCUT2D eigenvalue weighted by Crippen LogP contribution is 2.35. The summed E-state index contributed by atoms with van der Waals surface area (Å²) >= 11 is 0. The fraction of sp³-hybridized carbons (Fsp3) is 0.391. The van der Waals surface area contributed by atoms with E-state index < -0.39 is 0 Å². The Balaban J connectivity index is 1.57. The molecular formula is C23H27NO6. The van der Waals surface area contributed by atoms with Crippen molar-refractivity contribution in [1.82, 2.24) is 5.32 Å². The van der Waals surface area contributed by atoms with Crippen LogP contribution in [0.4, 0.5) is 0 Å². The van der Waals surface area contributed by atoms with Gasteiger partial charge in [-0.25, -0.2) is 0 Å². The molecule has 160 valence electrons. The summed E-state index contributed by atoms with van der Waals surface area (Å²) in [5, 5.41) is 2.91. The van der Waals surface area contributed by atoms with Gasteiger partial charge in [0.1, 0.15) is 13.2 Å². The maximum absolute atomic E-state index is 12.3. The van der Waals surface area contributed by atoms with Gasteiger partial charge in [-0.05, 0) is 42.8 Å². The normalized spacial score (nSPS) is 12.8. The lowest BCUT2D eigenvalue weighted by molar-refractivity contribution is -0.123. The molecule has 1 heterocycles. The first-order valence-corrected chi connectivity index (χ1v) is 9.79. The van der Waals surface area contributed by atoms with Crippen molar-refractivity contribution in [2.24, 2.45) is 0 Å². The Morgan fingerprint density at radius 1 is 1.03 bits per heavy atom. The zero-order valence-corrected chi connectivity index (χ0v) is 17.7. The maximum atomic E-state index is 12.3. The number of hydrogen-bond acceptors (Lipinski definition) is 6. The number of rotatable bonds is 8. The van der Waals surface area contributed by atoms with Crippen LogP contribution >= 0.6 is 0 Å². The van der Waals surface area contributed by atoms with E-state index in [9.17, 15) is 9.59 Å². The van der Waals surface area contributed by atoms with Crippen molar-refractivity contribution in [3.05, 3.63) is 47.5 Å². The van der Waals surface area contributed by atoms with Crippen LogP contribution in [0, 0.1) is 0 Å². The maximum Gasteiger partial charge on any atom is 0.257 e. The summed E-state index contributed by atoms with van der Waals surface area (Å²) in [7, 11) is 1.49. The lowest BCUT2D eigenvalue weighted by atomic mass is 9.84. The highest BCUT2D eigenvalue weighted by Gasteiger charge is 2.24. The minimum absolute atomic E-state index is 0.0704. The summed E-state index contributed by atoms with van der Waals surface area (Å²) in [5.74, 6) is 1.96. The van der Waals surface area contributed by atoms with Crippen molar-refractivity contribution >= 4 is 11.7 Å². The predicted molar refractivity (Wildman–Crippen MR) is 112 cm³/mol. The Hall–Kier alpha value is -3.22. The number of methoxy groups -OCH3 is 1. The summed E-state index contributed by atoms with van der Waals surface area (Å²) < 4.78 is 22.1. The molecule has 7 nitrogen and oxygen atoms in total. The van der Waals surface area contributed by atoms with Crippen molar-refractivity contribution in [2.75, 3.05) is 33.5 Å². The number of ether oxygens (including phenoxy) is 4. The Bertz CT molecular complexity index is 937. The molecule has 0 saturated heterocycles. The first-order valence-electron chi connectivity index (χ1n) is 9.79. The number of amides is 1. The third-order valence-corrected chi connectivity index (χ3v) is 4.98. The van der Waals surface area contributed by atoms with E-state index in [0.29, 0.717) is 36.8 Å². The number of ketones is 1. The molecule has 0 saturated carbocycles. The number of carbonyl (C=O) groups excluding carboxylic acids is 2. The first kappa shape index (κ1) is 21.5. The summed E-state index contributed by atoms with van der Waals surface area (Å²) in [6.45, 7) is 6.91. The Labute approximate surface area is 176 Å². The molecule has 30 heavy (non-hydrogen) atoms. The minimum atomic E-state index is -0.313. The molecule has 0 radical (unpaired) electrons. The van der Waals surface area contributed by atoms with E-state index in [1.54, 1.807) is 18.2 Å². The molecule has 0 aromatic heterocycles. The first-order chi connectivity index (χ1) is 14.3. The van der Waals surface area contributed by atoms with E-state index in [2.05, 4.69) is 5.32 Å². The molecule has 0 spiro atoms. The lowest BCUT2D eigenvalue weighted by Crippen LogP contribution is -2.39. The Morgan fingerprint density at radius 2 is 1.77 bits per heavy atom.